The number of halogens is 1. The van der Waals surface area contributed by atoms with Crippen molar-refractivity contribution in [3.63, 3.8) is 0 Å². The minimum Gasteiger partial charge on any atom is -0.491 e. The molecule has 0 saturated carbocycles. The van der Waals surface area contributed by atoms with Gasteiger partial charge in [0.05, 0.1) is 22.9 Å². The maximum atomic E-state index is 6.22. The molecule has 2 aromatic rings. The first-order valence-electron chi connectivity index (χ1n) is 6.66. The highest BCUT2D eigenvalue weighted by atomic mass is 35.5. The SMILES string of the molecule is CNC(c1ccc(OC(C)C)cc1)c1ncccc1Cl. The van der Waals surface area contributed by atoms with Gasteiger partial charge in [-0.3, -0.25) is 4.98 Å². The number of aromatic nitrogens is 1. The quantitative estimate of drug-likeness (QED) is 0.909. The van der Waals surface area contributed by atoms with Gasteiger partial charge in [0.2, 0.25) is 0 Å². The summed E-state index contributed by atoms with van der Waals surface area (Å²) in [6.45, 7) is 4.02. The van der Waals surface area contributed by atoms with Crippen LogP contribution in [0.1, 0.15) is 31.1 Å². The highest BCUT2D eigenvalue weighted by molar-refractivity contribution is 6.31. The molecule has 1 unspecified atom stereocenters. The highest BCUT2D eigenvalue weighted by Gasteiger charge is 2.16. The third-order valence-corrected chi connectivity index (χ3v) is 3.25. The molecule has 0 fully saturated rings. The molecular weight excluding hydrogens is 272 g/mol. The number of nitrogens with zero attached hydrogens (tertiary/aromatic N) is 1. The summed E-state index contributed by atoms with van der Waals surface area (Å²) >= 11 is 6.22. The predicted molar refractivity (Wildman–Crippen MR) is 82.4 cm³/mol. The molecule has 0 aliphatic heterocycles. The monoisotopic (exact) mass is 290 g/mol. The van der Waals surface area contributed by atoms with E-state index >= 15 is 0 Å². The van der Waals surface area contributed by atoms with Crippen LogP contribution >= 0.6 is 11.6 Å². The predicted octanol–water partition coefficient (Wildman–Crippen LogP) is 3.83. The summed E-state index contributed by atoms with van der Waals surface area (Å²) in [4.78, 5) is 4.37. The molecule has 4 heteroatoms. The van der Waals surface area contributed by atoms with E-state index in [0.29, 0.717) is 5.02 Å². The van der Waals surface area contributed by atoms with Gasteiger partial charge in [0.1, 0.15) is 5.75 Å². The van der Waals surface area contributed by atoms with Crippen molar-refractivity contribution in [1.82, 2.24) is 10.3 Å². The van der Waals surface area contributed by atoms with E-state index in [1.165, 1.54) is 0 Å². The van der Waals surface area contributed by atoms with E-state index in [2.05, 4.69) is 10.3 Å². The Kier molecular flexibility index (Phi) is 4.99. The molecule has 0 aliphatic carbocycles. The minimum absolute atomic E-state index is 0.0307. The summed E-state index contributed by atoms with van der Waals surface area (Å²) in [7, 11) is 1.90. The van der Waals surface area contributed by atoms with E-state index in [-0.39, 0.29) is 12.1 Å². The van der Waals surface area contributed by atoms with Gasteiger partial charge >= 0.3 is 0 Å². The second-order valence-corrected chi connectivity index (χ2v) is 5.23. The second kappa shape index (κ2) is 6.73. The molecule has 1 aromatic heterocycles. The first-order valence-corrected chi connectivity index (χ1v) is 7.04. The van der Waals surface area contributed by atoms with Gasteiger partial charge in [0.15, 0.2) is 0 Å². The van der Waals surface area contributed by atoms with Gasteiger partial charge in [-0.25, -0.2) is 0 Å². The first kappa shape index (κ1) is 14.8. The van der Waals surface area contributed by atoms with Crippen molar-refractivity contribution in [1.29, 1.82) is 0 Å². The van der Waals surface area contributed by atoms with Crippen molar-refractivity contribution in [2.75, 3.05) is 7.05 Å². The molecule has 1 atom stereocenters. The summed E-state index contributed by atoms with van der Waals surface area (Å²) in [5.74, 6) is 0.866. The molecule has 3 nitrogen and oxygen atoms in total. The van der Waals surface area contributed by atoms with E-state index < -0.39 is 0 Å². The Balaban J connectivity index is 2.26. The summed E-state index contributed by atoms with van der Waals surface area (Å²) in [5, 5.41) is 3.91. The third-order valence-electron chi connectivity index (χ3n) is 2.93. The number of benzene rings is 1. The number of pyridine rings is 1. The average molecular weight is 291 g/mol. The summed E-state index contributed by atoms with van der Waals surface area (Å²) in [6.07, 6.45) is 1.92. The van der Waals surface area contributed by atoms with Crippen LogP contribution in [0.4, 0.5) is 0 Å². The Labute approximate surface area is 124 Å². The second-order valence-electron chi connectivity index (χ2n) is 4.83. The molecule has 106 valence electrons. The maximum Gasteiger partial charge on any atom is 0.119 e. The Hall–Kier alpha value is -1.58. The molecule has 0 aliphatic rings. The highest BCUT2D eigenvalue weighted by Crippen LogP contribution is 2.27. The van der Waals surface area contributed by atoms with E-state index in [1.807, 2.05) is 57.3 Å². The Morgan fingerprint density at radius 3 is 2.40 bits per heavy atom. The number of nitrogens with one attached hydrogen (secondary N) is 1. The lowest BCUT2D eigenvalue weighted by atomic mass is 10.0. The smallest absolute Gasteiger partial charge is 0.119 e. The fraction of sp³-hybridized carbons (Fsp3) is 0.312. The Bertz CT molecular complexity index is 555. The Morgan fingerprint density at radius 2 is 1.85 bits per heavy atom. The normalized spacial score (nSPS) is 12.4. The molecule has 1 heterocycles. The molecular formula is C16H19ClN2O. The van der Waals surface area contributed by atoms with E-state index in [0.717, 1.165) is 17.0 Å². The van der Waals surface area contributed by atoms with Gasteiger partial charge in [-0.05, 0) is 50.7 Å². The van der Waals surface area contributed by atoms with Gasteiger partial charge < -0.3 is 10.1 Å². The van der Waals surface area contributed by atoms with Crippen molar-refractivity contribution in [2.24, 2.45) is 0 Å². The lowest BCUT2D eigenvalue weighted by Gasteiger charge is -2.18. The van der Waals surface area contributed by atoms with Crippen molar-refractivity contribution in [3.05, 3.63) is 58.9 Å². The lowest BCUT2D eigenvalue weighted by Crippen LogP contribution is -2.19. The van der Waals surface area contributed by atoms with Gasteiger partial charge in [0, 0.05) is 6.20 Å². The van der Waals surface area contributed by atoms with Crippen LogP contribution in [0.3, 0.4) is 0 Å². The fourth-order valence-corrected chi connectivity index (χ4v) is 2.31. The van der Waals surface area contributed by atoms with Gasteiger partial charge in [0.25, 0.3) is 0 Å². The molecule has 20 heavy (non-hydrogen) atoms. The van der Waals surface area contributed by atoms with Gasteiger partial charge in [-0.2, -0.15) is 0 Å². The van der Waals surface area contributed by atoms with Crippen LogP contribution in [0.25, 0.3) is 0 Å². The van der Waals surface area contributed by atoms with Crippen molar-refractivity contribution in [3.8, 4) is 5.75 Å². The minimum atomic E-state index is -0.0307. The average Bonchev–Trinajstić information content (AvgIpc) is 2.43. The zero-order valence-corrected chi connectivity index (χ0v) is 12.7. The molecule has 0 saturated heterocycles. The van der Waals surface area contributed by atoms with Crippen LogP contribution in [0.5, 0.6) is 5.75 Å². The summed E-state index contributed by atoms with van der Waals surface area (Å²) < 4.78 is 5.65. The Morgan fingerprint density at radius 1 is 1.15 bits per heavy atom. The first-order chi connectivity index (χ1) is 9.61. The van der Waals surface area contributed by atoms with Crippen LogP contribution < -0.4 is 10.1 Å². The molecule has 0 radical (unpaired) electrons. The van der Waals surface area contributed by atoms with Crippen LogP contribution in [-0.4, -0.2) is 18.1 Å². The topological polar surface area (TPSA) is 34.1 Å². The molecule has 1 aromatic carbocycles. The number of hydrogen-bond donors (Lipinski definition) is 1. The number of hydrogen-bond acceptors (Lipinski definition) is 3. The van der Waals surface area contributed by atoms with Crippen molar-refractivity contribution in [2.45, 2.75) is 26.0 Å². The molecule has 1 N–H and O–H groups in total. The van der Waals surface area contributed by atoms with E-state index in [4.69, 9.17) is 16.3 Å². The number of ether oxygens (including phenoxy) is 1. The zero-order chi connectivity index (χ0) is 14.5. The van der Waals surface area contributed by atoms with Gasteiger partial charge in [-0.1, -0.05) is 23.7 Å². The zero-order valence-electron chi connectivity index (χ0n) is 11.9. The van der Waals surface area contributed by atoms with Crippen molar-refractivity contribution >= 4 is 11.6 Å². The molecule has 0 spiro atoms. The summed E-state index contributed by atoms with van der Waals surface area (Å²) in [6, 6.07) is 11.7. The van der Waals surface area contributed by atoms with Crippen LogP contribution in [-0.2, 0) is 0 Å². The van der Waals surface area contributed by atoms with Crippen LogP contribution in [0, 0.1) is 0 Å². The number of rotatable bonds is 5. The standard InChI is InChI=1S/C16H19ClN2O/c1-11(2)20-13-8-6-12(7-9-13)15(18-3)16-14(17)5-4-10-19-16/h4-11,15,18H,1-3H3. The lowest BCUT2D eigenvalue weighted by molar-refractivity contribution is 0.242. The fourth-order valence-electron chi connectivity index (χ4n) is 2.08. The largest absolute Gasteiger partial charge is 0.491 e. The maximum absolute atomic E-state index is 6.22. The van der Waals surface area contributed by atoms with E-state index in [9.17, 15) is 0 Å². The van der Waals surface area contributed by atoms with E-state index in [1.54, 1.807) is 6.20 Å². The molecule has 2 rings (SSSR count). The van der Waals surface area contributed by atoms with Crippen LogP contribution in [0.2, 0.25) is 5.02 Å². The summed E-state index contributed by atoms with van der Waals surface area (Å²) in [5.41, 5.74) is 1.93. The molecule has 0 bridgehead atoms. The third kappa shape index (κ3) is 3.50. The molecule has 0 amide bonds. The van der Waals surface area contributed by atoms with Crippen molar-refractivity contribution < 1.29 is 4.74 Å². The van der Waals surface area contributed by atoms with Crippen LogP contribution in [0.15, 0.2) is 42.6 Å². The van der Waals surface area contributed by atoms with Gasteiger partial charge in [-0.15, -0.1) is 0 Å².